The first-order chi connectivity index (χ1) is 11.4. The van der Waals surface area contributed by atoms with Crippen molar-refractivity contribution in [1.29, 1.82) is 0 Å². The number of aliphatic hydroxyl groups is 1. The Labute approximate surface area is 141 Å². The molecular weight excluding hydrogens is 310 g/mol. The van der Waals surface area contributed by atoms with E-state index >= 15 is 0 Å². The molecule has 2 amide bonds. The number of hydrogen-bond acceptors (Lipinski definition) is 5. The quantitative estimate of drug-likeness (QED) is 0.897. The van der Waals surface area contributed by atoms with E-state index in [1.54, 1.807) is 29.7 Å². The Morgan fingerprint density at radius 2 is 2.12 bits per heavy atom. The fraction of sp³-hybridized carbons (Fsp3) is 0.706. The van der Waals surface area contributed by atoms with E-state index in [0.29, 0.717) is 38.3 Å². The highest BCUT2D eigenvalue weighted by Gasteiger charge is 2.42. The molecule has 1 aromatic rings. The average molecular weight is 335 g/mol. The summed E-state index contributed by atoms with van der Waals surface area (Å²) in [5.41, 5.74) is 0.767. The molecule has 7 heteroatoms. The van der Waals surface area contributed by atoms with E-state index in [0.717, 1.165) is 19.3 Å². The SMILES string of the molecule is Cc1cc(C(=O)N2CCC3(CCC(=O)N(C[C@@H](C)O)C3)CC2)on1. The summed E-state index contributed by atoms with van der Waals surface area (Å²) in [6, 6.07) is 1.66. The van der Waals surface area contributed by atoms with Crippen LogP contribution >= 0.6 is 0 Å². The monoisotopic (exact) mass is 335 g/mol. The Balaban J connectivity index is 1.61. The minimum Gasteiger partial charge on any atom is -0.392 e. The third-order valence-electron chi connectivity index (χ3n) is 5.18. The van der Waals surface area contributed by atoms with E-state index in [9.17, 15) is 14.7 Å². The molecular formula is C17H25N3O4. The van der Waals surface area contributed by atoms with Gasteiger partial charge in [-0.15, -0.1) is 0 Å². The minimum absolute atomic E-state index is 0.0664. The second-order valence-corrected chi connectivity index (χ2v) is 7.25. The van der Waals surface area contributed by atoms with E-state index in [2.05, 4.69) is 5.16 Å². The maximum Gasteiger partial charge on any atom is 0.292 e. The number of carbonyl (C=O) groups excluding carboxylic acids is 2. The number of aryl methyl sites for hydroxylation is 1. The summed E-state index contributed by atoms with van der Waals surface area (Å²) in [5.74, 6) is 0.299. The Morgan fingerprint density at radius 1 is 1.42 bits per heavy atom. The largest absolute Gasteiger partial charge is 0.392 e. The predicted octanol–water partition coefficient (Wildman–Crippen LogP) is 1.21. The van der Waals surface area contributed by atoms with Crippen LogP contribution < -0.4 is 0 Å². The van der Waals surface area contributed by atoms with Crippen molar-refractivity contribution in [1.82, 2.24) is 15.0 Å². The Kier molecular flexibility index (Phi) is 4.62. The first-order valence-corrected chi connectivity index (χ1v) is 8.57. The first-order valence-electron chi connectivity index (χ1n) is 8.57. The zero-order chi connectivity index (χ0) is 17.3. The lowest BCUT2D eigenvalue weighted by atomic mass is 9.72. The molecule has 2 saturated heterocycles. The van der Waals surface area contributed by atoms with Gasteiger partial charge in [0.25, 0.3) is 5.91 Å². The summed E-state index contributed by atoms with van der Waals surface area (Å²) >= 11 is 0. The van der Waals surface area contributed by atoms with Crippen LogP contribution in [-0.2, 0) is 4.79 Å². The Hall–Kier alpha value is -1.89. The maximum absolute atomic E-state index is 12.4. The smallest absolute Gasteiger partial charge is 0.292 e. The van der Waals surface area contributed by atoms with Gasteiger partial charge < -0.3 is 19.4 Å². The highest BCUT2D eigenvalue weighted by Crippen LogP contribution is 2.40. The van der Waals surface area contributed by atoms with Crippen LogP contribution in [0.2, 0.25) is 0 Å². The number of β-amino-alcohol motifs (C(OH)–C–C–N with tert-alkyl or cyclic N) is 1. The molecule has 24 heavy (non-hydrogen) atoms. The molecule has 3 rings (SSSR count). The summed E-state index contributed by atoms with van der Waals surface area (Å²) in [5, 5.41) is 13.4. The van der Waals surface area contributed by atoms with Crippen molar-refractivity contribution in [3.8, 4) is 0 Å². The van der Waals surface area contributed by atoms with E-state index < -0.39 is 6.10 Å². The van der Waals surface area contributed by atoms with Crippen LogP contribution in [0.3, 0.4) is 0 Å². The summed E-state index contributed by atoms with van der Waals surface area (Å²) < 4.78 is 5.07. The molecule has 1 N–H and O–H groups in total. The van der Waals surface area contributed by atoms with Crippen molar-refractivity contribution in [2.75, 3.05) is 26.2 Å². The second kappa shape index (κ2) is 6.55. The molecule has 0 radical (unpaired) electrons. The molecule has 1 atom stereocenters. The number of hydrogen-bond donors (Lipinski definition) is 1. The number of aromatic nitrogens is 1. The summed E-state index contributed by atoms with van der Waals surface area (Å²) in [6.45, 7) is 5.89. The van der Waals surface area contributed by atoms with Gasteiger partial charge in [-0.1, -0.05) is 5.16 Å². The van der Waals surface area contributed by atoms with Crippen LogP contribution in [0.15, 0.2) is 10.6 Å². The third-order valence-corrected chi connectivity index (χ3v) is 5.18. The van der Waals surface area contributed by atoms with Crippen molar-refractivity contribution in [3.63, 3.8) is 0 Å². The lowest BCUT2D eigenvalue weighted by Crippen LogP contribution is -2.53. The molecule has 0 aliphatic carbocycles. The molecule has 132 valence electrons. The zero-order valence-corrected chi connectivity index (χ0v) is 14.3. The van der Waals surface area contributed by atoms with Crippen molar-refractivity contribution in [3.05, 3.63) is 17.5 Å². The minimum atomic E-state index is -0.513. The molecule has 0 unspecified atom stereocenters. The van der Waals surface area contributed by atoms with Crippen LogP contribution in [0.25, 0.3) is 0 Å². The Morgan fingerprint density at radius 3 is 2.71 bits per heavy atom. The van der Waals surface area contributed by atoms with Crippen LogP contribution in [0, 0.1) is 12.3 Å². The van der Waals surface area contributed by atoms with Gasteiger partial charge in [-0.3, -0.25) is 9.59 Å². The van der Waals surface area contributed by atoms with E-state index in [4.69, 9.17) is 4.52 Å². The fourth-order valence-electron chi connectivity index (χ4n) is 3.80. The highest BCUT2D eigenvalue weighted by atomic mass is 16.5. The van der Waals surface area contributed by atoms with Crippen molar-refractivity contribution >= 4 is 11.8 Å². The predicted molar refractivity (Wildman–Crippen MR) is 86.3 cm³/mol. The zero-order valence-electron chi connectivity index (χ0n) is 14.3. The summed E-state index contributed by atoms with van der Waals surface area (Å²) in [4.78, 5) is 28.1. The molecule has 1 aromatic heterocycles. The topological polar surface area (TPSA) is 86.9 Å². The molecule has 7 nitrogen and oxygen atoms in total. The number of rotatable bonds is 3. The molecule has 0 aromatic carbocycles. The summed E-state index contributed by atoms with van der Waals surface area (Å²) in [7, 11) is 0. The van der Waals surface area contributed by atoms with Crippen molar-refractivity contribution in [2.24, 2.45) is 5.41 Å². The third kappa shape index (κ3) is 3.45. The van der Waals surface area contributed by atoms with Crippen molar-refractivity contribution < 1.29 is 19.2 Å². The lowest BCUT2D eigenvalue weighted by Gasteiger charge is -2.47. The number of carbonyl (C=O) groups is 2. The molecule has 3 heterocycles. The van der Waals surface area contributed by atoms with Gasteiger partial charge >= 0.3 is 0 Å². The van der Waals surface area contributed by atoms with Gasteiger partial charge in [-0.25, -0.2) is 0 Å². The standard InChI is InChI=1S/C17H25N3O4/c1-12-9-14(24-18-12)16(23)19-7-5-17(6-8-19)4-3-15(22)20(11-17)10-13(2)21/h9,13,21H,3-8,10-11H2,1-2H3/t13-/m1/s1. The van der Waals surface area contributed by atoms with Gasteiger partial charge in [0.2, 0.25) is 11.7 Å². The van der Waals surface area contributed by atoms with Gasteiger partial charge in [-0.2, -0.15) is 0 Å². The average Bonchev–Trinajstić information content (AvgIpc) is 2.97. The summed E-state index contributed by atoms with van der Waals surface area (Å²) in [6.07, 6.45) is 2.62. The highest BCUT2D eigenvalue weighted by molar-refractivity contribution is 5.91. The van der Waals surface area contributed by atoms with E-state index in [1.807, 2.05) is 0 Å². The Bertz CT molecular complexity index is 617. The first kappa shape index (κ1) is 17.0. The van der Waals surface area contributed by atoms with E-state index in [1.165, 1.54) is 0 Å². The van der Waals surface area contributed by atoms with Crippen molar-refractivity contribution in [2.45, 2.75) is 45.6 Å². The van der Waals surface area contributed by atoms with Gasteiger partial charge in [0.15, 0.2) is 0 Å². The second-order valence-electron chi connectivity index (χ2n) is 7.25. The number of likely N-dealkylation sites (tertiary alicyclic amines) is 2. The van der Waals surface area contributed by atoms with Crippen LogP contribution in [0.5, 0.6) is 0 Å². The molecule has 0 saturated carbocycles. The molecule has 2 aliphatic heterocycles. The van der Waals surface area contributed by atoms with Gasteiger partial charge in [0.1, 0.15) is 0 Å². The number of aliphatic hydroxyl groups excluding tert-OH is 1. The molecule has 2 fully saturated rings. The maximum atomic E-state index is 12.4. The van der Waals surface area contributed by atoms with Gasteiger partial charge in [0, 0.05) is 38.7 Å². The van der Waals surface area contributed by atoms with Crippen LogP contribution in [0.1, 0.15) is 48.9 Å². The van der Waals surface area contributed by atoms with Gasteiger partial charge in [0.05, 0.1) is 11.8 Å². The van der Waals surface area contributed by atoms with Gasteiger partial charge in [-0.05, 0) is 38.5 Å². The normalized spacial score (nSPS) is 22.0. The molecule has 2 aliphatic rings. The molecule has 1 spiro atoms. The van der Waals surface area contributed by atoms with E-state index in [-0.39, 0.29) is 23.0 Å². The number of nitrogens with zero attached hydrogens (tertiary/aromatic N) is 3. The number of amides is 2. The number of piperidine rings is 2. The van der Waals surface area contributed by atoms with Crippen LogP contribution in [0.4, 0.5) is 0 Å². The molecule has 0 bridgehead atoms. The lowest BCUT2D eigenvalue weighted by molar-refractivity contribution is -0.140. The van der Waals surface area contributed by atoms with Crippen LogP contribution in [-0.4, -0.2) is 64.2 Å². The fourth-order valence-corrected chi connectivity index (χ4v) is 3.80.